The molecule has 1 fully saturated rings. The average Bonchev–Trinajstić information content (AvgIpc) is 3.23. The van der Waals surface area contributed by atoms with Crippen molar-refractivity contribution in [2.75, 3.05) is 19.7 Å². The molecule has 1 saturated heterocycles. The number of aromatic nitrogens is 3. The van der Waals surface area contributed by atoms with Crippen LogP contribution < -0.4 is 0 Å². The summed E-state index contributed by atoms with van der Waals surface area (Å²) in [5.74, 6) is -0.894. The second-order valence-electron chi connectivity index (χ2n) is 10.6. The van der Waals surface area contributed by atoms with E-state index in [9.17, 15) is 19.1 Å². The number of aliphatic hydroxyl groups excluding tert-OH is 1. The van der Waals surface area contributed by atoms with Crippen molar-refractivity contribution in [1.29, 1.82) is 0 Å². The van der Waals surface area contributed by atoms with E-state index in [1.165, 1.54) is 17.0 Å². The van der Waals surface area contributed by atoms with Gasteiger partial charge < -0.3 is 14.9 Å². The molecule has 2 aromatic heterocycles. The van der Waals surface area contributed by atoms with Crippen molar-refractivity contribution in [2.24, 2.45) is 0 Å². The summed E-state index contributed by atoms with van der Waals surface area (Å²) in [6, 6.07) is 7.71. The van der Waals surface area contributed by atoms with E-state index >= 15 is 0 Å². The minimum atomic E-state index is -1.09. The number of hydrogen-bond acceptors (Lipinski definition) is 5. The zero-order valence-corrected chi connectivity index (χ0v) is 21.0. The minimum Gasteiger partial charge on any atom is -0.394 e. The summed E-state index contributed by atoms with van der Waals surface area (Å²) in [6.07, 6.45) is 1.59. The van der Waals surface area contributed by atoms with Crippen LogP contribution in [0.25, 0.3) is 16.9 Å². The van der Waals surface area contributed by atoms with Gasteiger partial charge in [0.1, 0.15) is 17.1 Å². The molecule has 0 spiro atoms. The lowest BCUT2D eigenvalue weighted by Gasteiger charge is -2.47. The second kappa shape index (κ2) is 8.71. The number of imidazole rings is 1. The molecule has 0 radical (unpaired) electrons. The number of carbonyl (C=O) groups excluding carboxylic acids is 2. The molecule has 1 N–H and O–H groups in total. The summed E-state index contributed by atoms with van der Waals surface area (Å²) in [5.41, 5.74) is 1.65. The molecule has 1 aliphatic rings. The number of amides is 2. The van der Waals surface area contributed by atoms with Gasteiger partial charge in [0.15, 0.2) is 5.65 Å². The van der Waals surface area contributed by atoms with Crippen molar-refractivity contribution in [3.63, 3.8) is 0 Å². The van der Waals surface area contributed by atoms with E-state index in [4.69, 9.17) is 0 Å². The van der Waals surface area contributed by atoms with Crippen LogP contribution in [-0.4, -0.2) is 72.6 Å². The summed E-state index contributed by atoms with van der Waals surface area (Å²) in [6.45, 7) is 11.9. The molecule has 1 aromatic carbocycles. The topological polar surface area (TPSA) is 91.0 Å². The number of piperazine rings is 1. The minimum absolute atomic E-state index is 0.139. The summed E-state index contributed by atoms with van der Waals surface area (Å²) in [5, 5.41) is 14.2. The number of fused-ring (bicyclic) bond motifs is 1. The van der Waals surface area contributed by atoms with Gasteiger partial charge in [-0.15, -0.1) is 0 Å². The smallest absolute Gasteiger partial charge is 0.275 e. The van der Waals surface area contributed by atoms with Crippen LogP contribution in [0.1, 0.15) is 57.6 Å². The van der Waals surface area contributed by atoms with Gasteiger partial charge in [-0.3, -0.25) is 9.59 Å². The first kappa shape index (κ1) is 24.8. The Hall–Kier alpha value is -3.33. The van der Waals surface area contributed by atoms with Gasteiger partial charge in [-0.25, -0.2) is 13.9 Å². The van der Waals surface area contributed by atoms with Crippen LogP contribution in [0.2, 0.25) is 0 Å². The predicted octanol–water partition coefficient (Wildman–Crippen LogP) is 3.28. The van der Waals surface area contributed by atoms with Crippen molar-refractivity contribution < 1.29 is 19.1 Å². The van der Waals surface area contributed by atoms with Crippen molar-refractivity contribution in [1.82, 2.24) is 24.4 Å². The number of aliphatic hydroxyl groups is 1. The summed E-state index contributed by atoms with van der Waals surface area (Å²) < 4.78 is 15.0. The number of benzene rings is 1. The Morgan fingerprint density at radius 1 is 1.20 bits per heavy atom. The van der Waals surface area contributed by atoms with E-state index in [2.05, 4.69) is 30.9 Å². The fourth-order valence-corrected chi connectivity index (χ4v) is 4.46. The summed E-state index contributed by atoms with van der Waals surface area (Å²) in [4.78, 5) is 34.5. The third kappa shape index (κ3) is 4.40. The zero-order valence-electron chi connectivity index (χ0n) is 21.0. The first-order chi connectivity index (χ1) is 16.3. The number of rotatable bonds is 4. The van der Waals surface area contributed by atoms with Crippen LogP contribution in [0, 0.1) is 5.82 Å². The van der Waals surface area contributed by atoms with Crippen molar-refractivity contribution in [3.8, 4) is 11.3 Å². The highest BCUT2D eigenvalue weighted by atomic mass is 19.1. The molecule has 4 rings (SSSR count). The Morgan fingerprint density at radius 3 is 2.46 bits per heavy atom. The van der Waals surface area contributed by atoms with Crippen LogP contribution in [0.15, 0.2) is 36.5 Å². The third-order valence-corrected chi connectivity index (χ3v) is 6.66. The van der Waals surface area contributed by atoms with E-state index < -0.39 is 5.54 Å². The Morgan fingerprint density at radius 2 is 1.86 bits per heavy atom. The lowest BCUT2D eigenvalue weighted by molar-refractivity contribution is -0.149. The SMILES string of the molecule is CC(CO)N1CCN(C(=O)c2cn3nc(-c4ccc(F)cc4)cc(C(C)(C)C)c3n2)C(C)(C)C1=O. The Balaban J connectivity index is 1.76. The van der Waals surface area contributed by atoms with Gasteiger partial charge in [0, 0.05) is 24.2 Å². The van der Waals surface area contributed by atoms with E-state index in [1.54, 1.807) is 48.5 Å². The first-order valence-electron chi connectivity index (χ1n) is 11.8. The Bertz CT molecular complexity index is 1280. The first-order valence-corrected chi connectivity index (χ1v) is 11.8. The zero-order chi connectivity index (χ0) is 25.7. The maximum absolute atomic E-state index is 13.6. The Labute approximate surface area is 204 Å². The summed E-state index contributed by atoms with van der Waals surface area (Å²) in [7, 11) is 0. The van der Waals surface area contributed by atoms with E-state index in [0.29, 0.717) is 24.4 Å². The van der Waals surface area contributed by atoms with Crippen LogP contribution >= 0.6 is 0 Å². The standard InChI is InChI=1S/C26H32FN5O3/c1-16(15-33)30-11-12-31(26(5,6)24(30)35)23(34)21-14-32-22(28-21)19(25(2,3)4)13-20(29-32)17-7-9-18(27)10-8-17/h7-10,13-14,16,33H,11-12,15H2,1-6H3. The maximum Gasteiger partial charge on any atom is 0.275 e. The largest absolute Gasteiger partial charge is 0.394 e. The lowest BCUT2D eigenvalue weighted by Crippen LogP contribution is -2.66. The molecule has 3 heterocycles. The second-order valence-corrected chi connectivity index (χ2v) is 10.6. The van der Waals surface area contributed by atoms with Gasteiger partial charge in [-0.2, -0.15) is 5.10 Å². The molecule has 8 nitrogen and oxygen atoms in total. The van der Waals surface area contributed by atoms with Crippen LogP contribution in [0.5, 0.6) is 0 Å². The lowest BCUT2D eigenvalue weighted by atomic mass is 9.87. The van der Waals surface area contributed by atoms with Crippen molar-refractivity contribution >= 4 is 17.5 Å². The molecule has 0 saturated carbocycles. The molecule has 1 atom stereocenters. The highest BCUT2D eigenvalue weighted by Crippen LogP contribution is 2.31. The molecular formula is C26H32FN5O3. The third-order valence-electron chi connectivity index (χ3n) is 6.66. The van der Waals surface area contributed by atoms with Gasteiger partial charge in [-0.1, -0.05) is 20.8 Å². The molecule has 186 valence electrons. The maximum atomic E-state index is 13.6. The molecule has 3 aromatic rings. The monoisotopic (exact) mass is 481 g/mol. The molecule has 35 heavy (non-hydrogen) atoms. The molecule has 0 aliphatic carbocycles. The van der Waals surface area contributed by atoms with Crippen LogP contribution in [-0.2, 0) is 10.2 Å². The van der Waals surface area contributed by atoms with Crippen LogP contribution in [0.4, 0.5) is 4.39 Å². The Kier molecular flexibility index (Phi) is 6.17. The number of hydrogen-bond donors (Lipinski definition) is 1. The van der Waals surface area contributed by atoms with Crippen molar-refractivity contribution in [3.05, 3.63) is 53.6 Å². The molecule has 2 amide bonds. The van der Waals surface area contributed by atoms with E-state index in [0.717, 1.165) is 11.1 Å². The average molecular weight is 482 g/mol. The highest BCUT2D eigenvalue weighted by molar-refractivity contribution is 5.99. The van der Waals surface area contributed by atoms with Gasteiger partial charge in [0.25, 0.3) is 5.91 Å². The number of halogens is 1. The summed E-state index contributed by atoms with van der Waals surface area (Å²) >= 11 is 0. The quantitative estimate of drug-likeness (QED) is 0.618. The van der Waals surface area contributed by atoms with Gasteiger partial charge >= 0.3 is 0 Å². The number of carbonyl (C=O) groups is 2. The van der Waals surface area contributed by atoms with E-state index in [1.807, 2.05) is 6.07 Å². The molecule has 1 unspecified atom stereocenters. The predicted molar refractivity (Wildman–Crippen MR) is 130 cm³/mol. The molecule has 9 heteroatoms. The van der Waals surface area contributed by atoms with Gasteiger partial charge in [0.2, 0.25) is 5.91 Å². The van der Waals surface area contributed by atoms with Crippen molar-refractivity contribution in [2.45, 2.75) is 58.5 Å². The van der Waals surface area contributed by atoms with Gasteiger partial charge in [0.05, 0.1) is 24.5 Å². The number of nitrogens with zero attached hydrogens (tertiary/aromatic N) is 5. The normalized spacial score (nSPS) is 17.2. The molecular weight excluding hydrogens is 449 g/mol. The van der Waals surface area contributed by atoms with Crippen LogP contribution in [0.3, 0.4) is 0 Å². The molecule has 0 bridgehead atoms. The van der Waals surface area contributed by atoms with Gasteiger partial charge in [-0.05, 0) is 56.5 Å². The fourth-order valence-electron chi connectivity index (χ4n) is 4.46. The highest BCUT2D eigenvalue weighted by Gasteiger charge is 2.46. The molecule has 1 aliphatic heterocycles. The fraction of sp³-hybridized carbons (Fsp3) is 0.462. The van der Waals surface area contributed by atoms with E-state index in [-0.39, 0.29) is 41.4 Å².